The van der Waals surface area contributed by atoms with Crippen molar-refractivity contribution in [3.05, 3.63) is 11.8 Å². The minimum Gasteiger partial charge on any atom is -0.310 e. The highest BCUT2D eigenvalue weighted by atomic mass is 16.2. The van der Waals surface area contributed by atoms with Crippen LogP contribution in [0.5, 0.6) is 0 Å². The van der Waals surface area contributed by atoms with Gasteiger partial charge in [0.05, 0.1) is 11.7 Å². The minimum absolute atomic E-state index is 0.0352. The van der Waals surface area contributed by atoms with E-state index in [4.69, 9.17) is 0 Å². The van der Waals surface area contributed by atoms with Crippen molar-refractivity contribution >= 4 is 11.7 Å². The van der Waals surface area contributed by atoms with Crippen LogP contribution in [0.2, 0.25) is 0 Å². The van der Waals surface area contributed by atoms with Crippen molar-refractivity contribution in [2.24, 2.45) is 13.0 Å². The molecule has 0 aliphatic carbocycles. The van der Waals surface area contributed by atoms with Crippen LogP contribution in [-0.2, 0) is 11.8 Å². The van der Waals surface area contributed by atoms with Crippen LogP contribution >= 0.6 is 0 Å². The minimum atomic E-state index is -0.0739. The summed E-state index contributed by atoms with van der Waals surface area (Å²) in [4.78, 5) is 12.0. The standard InChI is InChI=1S/C11H18N4O/c1-7-4-5-12-10(7)11(16)13-9-6-8(2)14-15(9)3/h6-7,10,12H,4-5H2,1-3H3,(H,13,16). The number of amides is 1. The zero-order valence-corrected chi connectivity index (χ0v) is 9.95. The van der Waals surface area contributed by atoms with Gasteiger partial charge in [-0.1, -0.05) is 6.92 Å². The molecule has 1 aliphatic rings. The Morgan fingerprint density at radius 2 is 2.44 bits per heavy atom. The normalized spacial score (nSPS) is 24.7. The second-order valence-corrected chi connectivity index (χ2v) is 4.48. The van der Waals surface area contributed by atoms with Gasteiger partial charge < -0.3 is 10.6 Å². The summed E-state index contributed by atoms with van der Waals surface area (Å²) in [6.45, 7) is 4.93. The molecule has 0 spiro atoms. The molecule has 2 rings (SSSR count). The summed E-state index contributed by atoms with van der Waals surface area (Å²) >= 11 is 0. The van der Waals surface area contributed by atoms with Gasteiger partial charge in [0.1, 0.15) is 5.82 Å². The predicted molar refractivity (Wildman–Crippen MR) is 62.1 cm³/mol. The monoisotopic (exact) mass is 222 g/mol. The molecule has 2 N–H and O–H groups in total. The van der Waals surface area contributed by atoms with Gasteiger partial charge in [0.2, 0.25) is 5.91 Å². The molecule has 0 aromatic carbocycles. The first-order valence-electron chi connectivity index (χ1n) is 5.63. The molecule has 1 saturated heterocycles. The van der Waals surface area contributed by atoms with Gasteiger partial charge in [-0.05, 0) is 25.8 Å². The van der Waals surface area contributed by atoms with E-state index < -0.39 is 0 Å². The molecule has 1 aliphatic heterocycles. The average Bonchev–Trinajstić information content (AvgIpc) is 2.74. The second-order valence-electron chi connectivity index (χ2n) is 4.48. The van der Waals surface area contributed by atoms with E-state index in [0.29, 0.717) is 5.92 Å². The second kappa shape index (κ2) is 4.25. The Morgan fingerprint density at radius 3 is 2.94 bits per heavy atom. The third kappa shape index (κ3) is 2.09. The topological polar surface area (TPSA) is 59.0 Å². The summed E-state index contributed by atoms with van der Waals surface area (Å²) in [5.41, 5.74) is 0.908. The molecular weight excluding hydrogens is 204 g/mol. The molecule has 0 radical (unpaired) electrons. The summed E-state index contributed by atoms with van der Waals surface area (Å²) in [6.07, 6.45) is 1.06. The molecule has 0 saturated carbocycles. The predicted octanol–water partition coefficient (Wildman–Crippen LogP) is 0.665. The van der Waals surface area contributed by atoms with Crippen LogP contribution in [0.4, 0.5) is 5.82 Å². The lowest BCUT2D eigenvalue weighted by Crippen LogP contribution is -2.39. The van der Waals surface area contributed by atoms with Crippen molar-refractivity contribution in [1.29, 1.82) is 0 Å². The van der Waals surface area contributed by atoms with E-state index in [9.17, 15) is 4.79 Å². The molecule has 1 aromatic heterocycles. The molecule has 5 nitrogen and oxygen atoms in total. The van der Waals surface area contributed by atoms with Crippen LogP contribution in [0.15, 0.2) is 6.07 Å². The largest absolute Gasteiger partial charge is 0.310 e. The number of anilines is 1. The van der Waals surface area contributed by atoms with Gasteiger partial charge in [0, 0.05) is 13.1 Å². The SMILES string of the molecule is Cc1cc(NC(=O)C2NCCC2C)n(C)n1. The quantitative estimate of drug-likeness (QED) is 0.773. The van der Waals surface area contributed by atoms with Crippen molar-refractivity contribution in [3.63, 3.8) is 0 Å². The van der Waals surface area contributed by atoms with Crippen LogP contribution in [0.25, 0.3) is 0 Å². The molecule has 0 bridgehead atoms. The van der Waals surface area contributed by atoms with Gasteiger partial charge in [0.25, 0.3) is 0 Å². The van der Waals surface area contributed by atoms with E-state index in [2.05, 4.69) is 22.7 Å². The Balaban J connectivity index is 2.04. The fraction of sp³-hybridized carbons (Fsp3) is 0.636. The average molecular weight is 222 g/mol. The van der Waals surface area contributed by atoms with Gasteiger partial charge in [-0.2, -0.15) is 5.10 Å². The lowest BCUT2D eigenvalue weighted by molar-refractivity contribution is -0.118. The number of rotatable bonds is 2. The fourth-order valence-corrected chi connectivity index (χ4v) is 2.12. The molecule has 2 heterocycles. The van der Waals surface area contributed by atoms with Crippen molar-refractivity contribution in [3.8, 4) is 0 Å². The summed E-state index contributed by atoms with van der Waals surface area (Å²) in [6, 6.07) is 1.80. The third-order valence-corrected chi connectivity index (χ3v) is 3.07. The van der Waals surface area contributed by atoms with E-state index in [1.54, 1.807) is 4.68 Å². The van der Waals surface area contributed by atoms with E-state index >= 15 is 0 Å². The first-order valence-corrected chi connectivity index (χ1v) is 5.63. The third-order valence-electron chi connectivity index (χ3n) is 3.07. The number of carbonyl (C=O) groups excluding carboxylic acids is 1. The number of hydrogen-bond acceptors (Lipinski definition) is 3. The summed E-state index contributed by atoms with van der Waals surface area (Å²) < 4.78 is 1.69. The molecule has 2 atom stereocenters. The molecule has 88 valence electrons. The van der Waals surface area contributed by atoms with E-state index in [-0.39, 0.29) is 11.9 Å². The van der Waals surface area contributed by atoms with E-state index in [0.717, 1.165) is 24.5 Å². The Morgan fingerprint density at radius 1 is 1.69 bits per heavy atom. The van der Waals surface area contributed by atoms with E-state index in [1.807, 2.05) is 20.0 Å². The van der Waals surface area contributed by atoms with Gasteiger partial charge in [0.15, 0.2) is 0 Å². The van der Waals surface area contributed by atoms with Gasteiger partial charge in [-0.15, -0.1) is 0 Å². The van der Waals surface area contributed by atoms with Crippen LogP contribution in [0, 0.1) is 12.8 Å². The maximum Gasteiger partial charge on any atom is 0.242 e. The Bertz CT molecular complexity index is 399. The number of carbonyl (C=O) groups is 1. The van der Waals surface area contributed by atoms with Crippen LogP contribution in [-0.4, -0.2) is 28.3 Å². The van der Waals surface area contributed by atoms with Crippen molar-refractivity contribution in [2.75, 3.05) is 11.9 Å². The van der Waals surface area contributed by atoms with Crippen molar-refractivity contribution in [2.45, 2.75) is 26.3 Å². The van der Waals surface area contributed by atoms with Crippen molar-refractivity contribution in [1.82, 2.24) is 15.1 Å². The van der Waals surface area contributed by atoms with Gasteiger partial charge >= 0.3 is 0 Å². The molecule has 1 fully saturated rings. The first kappa shape index (κ1) is 11.1. The lowest BCUT2D eigenvalue weighted by Gasteiger charge is -2.15. The molecule has 1 aromatic rings. The number of aromatic nitrogens is 2. The van der Waals surface area contributed by atoms with E-state index in [1.165, 1.54) is 0 Å². The Hall–Kier alpha value is -1.36. The lowest BCUT2D eigenvalue weighted by atomic mass is 10.0. The van der Waals surface area contributed by atoms with Gasteiger partial charge in [-0.25, -0.2) is 0 Å². The highest BCUT2D eigenvalue weighted by Gasteiger charge is 2.29. The first-order chi connectivity index (χ1) is 7.58. The number of hydrogen-bond donors (Lipinski definition) is 2. The number of nitrogens with one attached hydrogen (secondary N) is 2. The Labute approximate surface area is 95.2 Å². The molecule has 1 amide bonds. The molecule has 5 heteroatoms. The highest BCUT2D eigenvalue weighted by Crippen LogP contribution is 2.16. The smallest absolute Gasteiger partial charge is 0.242 e. The molecular formula is C11H18N4O. The molecule has 2 unspecified atom stereocenters. The zero-order chi connectivity index (χ0) is 11.7. The van der Waals surface area contributed by atoms with Crippen molar-refractivity contribution < 1.29 is 4.79 Å². The fourth-order valence-electron chi connectivity index (χ4n) is 2.12. The summed E-state index contributed by atoms with van der Waals surface area (Å²) in [5, 5.41) is 10.3. The maximum atomic E-state index is 12.0. The van der Waals surface area contributed by atoms with Crippen LogP contribution < -0.4 is 10.6 Å². The number of aryl methyl sites for hydroxylation is 2. The maximum absolute atomic E-state index is 12.0. The van der Waals surface area contributed by atoms with Gasteiger partial charge in [-0.3, -0.25) is 9.48 Å². The molecule has 16 heavy (non-hydrogen) atoms. The highest BCUT2D eigenvalue weighted by molar-refractivity contribution is 5.94. The summed E-state index contributed by atoms with van der Waals surface area (Å²) in [5.74, 6) is 1.19. The van der Waals surface area contributed by atoms with Crippen LogP contribution in [0.3, 0.4) is 0 Å². The zero-order valence-electron chi connectivity index (χ0n) is 9.95. The Kier molecular flexibility index (Phi) is 2.96. The van der Waals surface area contributed by atoms with Crippen LogP contribution in [0.1, 0.15) is 19.0 Å². The number of nitrogens with zero attached hydrogens (tertiary/aromatic N) is 2. The summed E-state index contributed by atoms with van der Waals surface area (Å²) in [7, 11) is 1.83.